The third kappa shape index (κ3) is 2.78. The largest absolute Gasteiger partial charge is 0.294 e. The molecule has 3 aromatic rings. The summed E-state index contributed by atoms with van der Waals surface area (Å²) in [5.41, 5.74) is 1.82. The molecule has 21 heavy (non-hydrogen) atoms. The van der Waals surface area contributed by atoms with Gasteiger partial charge in [-0.3, -0.25) is 9.78 Å². The van der Waals surface area contributed by atoms with Gasteiger partial charge >= 0.3 is 0 Å². The highest BCUT2D eigenvalue weighted by molar-refractivity contribution is 6.31. The molecule has 0 N–H and O–H groups in total. The first-order valence-corrected chi connectivity index (χ1v) is 6.84. The Bertz CT molecular complexity index is 827. The maximum Gasteiger partial charge on any atom is 0.168 e. The second kappa shape index (κ2) is 5.62. The average Bonchev–Trinajstić information content (AvgIpc) is 2.50. The standard InChI is InChI=1S/C17H11ClFNO/c18-15-6-5-12(19)9-11(15)10-17(21)14-7-8-20-16-4-2-1-3-13(14)16/h1-9H,10H2. The van der Waals surface area contributed by atoms with Crippen LogP contribution in [-0.2, 0) is 6.42 Å². The smallest absolute Gasteiger partial charge is 0.168 e. The lowest BCUT2D eigenvalue weighted by Crippen LogP contribution is -2.05. The van der Waals surface area contributed by atoms with Gasteiger partial charge in [-0.2, -0.15) is 0 Å². The molecule has 0 spiro atoms. The van der Waals surface area contributed by atoms with Crippen LogP contribution in [0.15, 0.2) is 54.7 Å². The van der Waals surface area contributed by atoms with Gasteiger partial charge < -0.3 is 0 Å². The maximum absolute atomic E-state index is 13.3. The minimum atomic E-state index is -0.401. The van der Waals surface area contributed by atoms with Crippen LogP contribution in [0.2, 0.25) is 5.02 Å². The van der Waals surface area contributed by atoms with Crippen LogP contribution in [0.5, 0.6) is 0 Å². The minimum Gasteiger partial charge on any atom is -0.294 e. The summed E-state index contributed by atoms with van der Waals surface area (Å²) in [5.74, 6) is -0.511. The predicted molar refractivity (Wildman–Crippen MR) is 81.2 cm³/mol. The van der Waals surface area contributed by atoms with Gasteiger partial charge in [0.2, 0.25) is 0 Å². The fourth-order valence-corrected chi connectivity index (χ4v) is 2.47. The Morgan fingerprint density at radius 3 is 2.81 bits per heavy atom. The molecule has 0 fully saturated rings. The van der Waals surface area contributed by atoms with E-state index < -0.39 is 5.82 Å². The topological polar surface area (TPSA) is 30.0 Å². The SMILES string of the molecule is O=C(Cc1cc(F)ccc1Cl)c1ccnc2ccccc12. The van der Waals surface area contributed by atoms with Crippen molar-refractivity contribution in [2.45, 2.75) is 6.42 Å². The molecule has 0 saturated heterocycles. The van der Waals surface area contributed by atoms with Gasteiger partial charge in [0.25, 0.3) is 0 Å². The molecule has 2 nitrogen and oxygen atoms in total. The number of benzene rings is 2. The lowest BCUT2D eigenvalue weighted by molar-refractivity contribution is 0.0994. The molecule has 0 radical (unpaired) electrons. The first kappa shape index (κ1) is 13.7. The molecule has 104 valence electrons. The Labute approximate surface area is 126 Å². The second-order valence-corrected chi connectivity index (χ2v) is 5.12. The number of ketones is 1. The zero-order chi connectivity index (χ0) is 14.8. The van der Waals surface area contributed by atoms with Gasteiger partial charge in [0, 0.05) is 28.6 Å². The molecule has 0 amide bonds. The Morgan fingerprint density at radius 1 is 1.14 bits per heavy atom. The van der Waals surface area contributed by atoms with E-state index in [9.17, 15) is 9.18 Å². The summed E-state index contributed by atoms with van der Waals surface area (Å²) in [6.45, 7) is 0. The average molecular weight is 300 g/mol. The van der Waals surface area contributed by atoms with Crippen molar-refractivity contribution >= 4 is 28.3 Å². The summed E-state index contributed by atoms with van der Waals surface area (Å²) in [6, 6.07) is 13.1. The highest BCUT2D eigenvalue weighted by Crippen LogP contribution is 2.22. The highest BCUT2D eigenvalue weighted by Gasteiger charge is 2.13. The number of halogens is 2. The normalized spacial score (nSPS) is 10.8. The van der Waals surface area contributed by atoms with Crippen LogP contribution >= 0.6 is 11.6 Å². The number of hydrogen-bond acceptors (Lipinski definition) is 2. The molecular weight excluding hydrogens is 289 g/mol. The monoisotopic (exact) mass is 299 g/mol. The van der Waals surface area contributed by atoms with Crippen molar-refractivity contribution in [3.05, 3.63) is 76.7 Å². The molecule has 1 aromatic heterocycles. The number of carbonyl (C=O) groups is 1. The molecular formula is C17H11ClFNO. The fraction of sp³-hybridized carbons (Fsp3) is 0.0588. The van der Waals surface area contributed by atoms with Gasteiger partial charge in [-0.05, 0) is 35.9 Å². The summed E-state index contributed by atoms with van der Waals surface area (Å²) in [5, 5.41) is 1.18. The Kier molecular flexibility index (Phi) is 3.67. The molecule has 0 saturated carbocycles. The summed E-state index contributed by atoms with van der Waals surface area (Å²) < 4.78 is 13.3. The number of nitrogens with zero attached hydrogens (tertiary/aromatic N) is 1. The first-order chi connectivity index (χ1) is 10.1. The number of hydrogen-bond donors (Lipinski definition) is 0. The number of pyridine rings is 1. The molecule has 4 heteroatoms. The first-order valence-electron chi connectivity index (χ1n) is 6.46. The van der Waals surface area contributed by atoms with Crippen molar-refractivity contribution in [1.82, 2.24) is 4.98 Å². The van der Waals surface area contributed by atoms with E-state index in [1.54, 1.807) is 12.3 Å². The van der Waals surface area contributed by atoms with Crippen LogP contribution in [0.4, 0.5) is 4.39 Å². The summed E-state index contributed by atoms with van der Waals surface area (Å²) in [4.78, 5) is 16.7. The quantitative estimate of drug-likeness (QED) is 0.669. The predicted octanol–water partition coefficient (Wildman–Crippen LogP) is 4.45. The van der Waals surface area contributed by atoms with E-state index in [4.69, 9.17) is 11.6 Å². The van der Waals surface area contributed by atoms with Crippen molar-refractivity contribution in [1.29, 1.82) is 0 Å². The third-order valence-corrected chi connectivity index (χ3v) is 3.68. The van der Waals surface area contributed by atoms with Crippen molar-refractivity contribution in [3.8, 4) is 0 Å². The Hall–Kier alpha value is -2.26. The van der Waals surface area contributed by atoms with Crippen LogP contribution in [0.25, 0.3) is 10.9 Å². The number of rotatable bonds is 3. The molecule has 2 aromatic carbocycles. The number of Topliss-reactive ketones (excluding diaryl/α,β-unsaturated/α-hetero) is 1. The summed E-state index contributed by atoms with van der Waals surface area (Å²) in [7, 11) is 0. The van der Waals surface area contributed by atoms with E-state index >= 15 is 0 Å². The Morgan fingerprint density at radius 2 is 1.95 bits per heavy atom. The van der Waals surface area contributed by atoms with E-state index in [-0.39, 0.29) is 12.2 Å². The molecule has 0 bridgehead atoms. The lowest BCUT2D eigenvalue weighted by Gasteiger charge is -2.07. The summed E-state index contributed by atoms with van der Waals surface area (Å²) >= 11 is 6.01. The molecule has 0 aliphatic rings. The second-order valence-electron chi connectivity index (χ2n) is 4.71. The highest BCUT2D eigenvalue weighted by atomic mass is 35.5. The number of aromatic nitrogens is 1. The molecule has 3 rings (SSSR count). The number of fused-ring (bicyclic) bond motifs is 1. The lowest BCUT2D eigenvalue weighted by atomic mass is 10.00. The van der Waals surface area contributed by atoms with Gasteiger partial charge in [0.1, 0.15) is 5.82 Å². The fourth-order valence-electron chi connectivity index (χ4n) is 2.29. The van der Waals surface area contributed by atoms with Crippen molar-refractivity contribution < 1.29 is 9.18 Å². The van der Waals surface area contributed by atoms with E-state index in [1.165, 1.54) is 18.2 Å². The van der Waals surface area contributed by atoms with Crippen molar-refractivity contribution in [3.63, 3.8) is 0 Å². The number of carbonyl (C=O) groups excluding carboxylic acids is 1. The van der Waals surface area contributed by atoms with Gasteiger partial charge in [-0.25, -0.2) is 4.39 Å². The molecule has 1 heterocycles. The van der Waals surface area contributed by atoms with E-state index in [0.717, 1.165) is 10.9 Å². The van der Waals surface area contributed by atoms with Crippen LogP contribution < -0.4 is 0 Å². The minimum absolute atomic E-state index is 0.0601. The van der Waals surface area contributed by atoms with E-state index in [1.807, 2.05) is 24.3 Å². The van der Waals surface area contributed by atoms with Crippen LogP contribution in [0.1, 0.15) is 15.9 Å². The third-order valence-electron chi connectivity index (χ3n) is 3.31. The van der Waals surface area contributed by atoms with Crippen molar-refractivity contribution in [2.24, 2.45) is 0 Å². The van der Waals surface area contributed by atoms with E-state index in [2.05, 4.69) is 4.98 Å². The zero-order valence-corrected chi connectivity index (χ0v) is 11.8. The van der Waals surface area contributed by atoms with Crippen LogP contribution in [-0.4, -0.2) is 10.8 Å². The molecule has 0 unspecified atom stereocenters. The maximum atomic E-state index is 13.3. The van der Waals surface area contributed by atoms with Crippen LogP contribution in [0.3, 0.4) is 0 Å². The van der Waals surface area contributed by atoms with Gasteiger partial charge in [0.05, 0.1) is 5.52 Å². The molecule has 0 atom stereocenters. The molecule has 0 aliphatic carbocycles. The van der Waals surface area contributed by atoms with Gasteiger partial charge in [0.15, 0.2) is 5.78 Å². The summed E-state index contributed by atoms with van der Waals surface area (Å²) in [6.07, 6.45) is 1.66. The zero-order valence-electron chi connectivity index (χ0n) is 11.0. The number of para-hydroxylation sites is 1. The van der Waals surface area contributed by atoms with Gasteiger partial charge in [-0.1, -0.05) is 29.8 Å². The molecule has 0 aliphatic heterocycles. The van der Waals surface area contributed by atoms with E-state index in [0.29, 0.717) is 16.1 Å². The van der Waals surface area contributed by atoms with Crippen LogP contribution in [0, 0.1) is 5.82 Å². The van der Waals surface area contributed by atoms with Crippen molar-refractivity contribution in [2.75, 3.05) is 0 Å². The van der Waals surface area contributed by atoms with Gasteiger partial charge in [-0.15, -0.1) is 0 Å². The Balaban J connectivity index is 1.99.